The fourth-order valence-electron chi connectivity index (χ4n) is 1.55. The molecule has 0 atom stereocenters. The van der Waals surface area contributed by atoms with Crippen LogP contribution < -0.4 is 0 Å². The van der Waals surface area contributed by atoms with Gasteiger partial charge in [-0.15, -0.1) is 5.10 Å². The van der Waals surface area contributed by atoms with Crippen molar-refractivity contribution in [1.29, 1.82) is 0 Å². The van der Waals surface area contributed by atoms with Crippen molar-refractivity contribution < 1.29 is 0 Å². The fraction of sp³-hybridized carbons (Fsp3) is 0.250. The molecule has 2 N–H and O–H groups in total. The van der Waals surface area contributed by atoms with E-state index in [0.717, 1.165) is 29.3 Å². The van der Waals surface area contributed by atoms with Gasteiger partial charge < -0.3 is 4.98 Å². The molecule has 6 heteroatoms. The monoisotopic (exact) mass is 263 g/mol. The molecule has 0 aliphatic heterocycles. The number of H-pyrrole nitrogens is 2. The number of imidazole rings is 1. The lowest BCUT2D eigenvalue weighted by Gasteiger charge is -1.95. The van der Waals surface area contributed by atoms with Crippen molar-refractivity contribution in [1.82, 2.24) is 25.1 Å². The Morgan fingerprint density at radius 2 is 2.33 bits per heavy atom. The molecule has 2 rings (SSSR count). The summed E-state index contributed by atoms with van der Waals surface area (Å²) >= 11 is 5.60. The van der Waals surface area contributed by atoms with Gasteiger partial charge in [-0.25, -0.2) is 9.97 Å². The van der Waals surface area contributed by atoms with Crippen LogP contribution in [-0.4, -0.2) is 25.1 Å². The maximum Gasteiger partial charge on any atom is 0.242 e. The van der Waals surface area contributed by atoms with Gasteiger partial charge in [0.2, 0.25) is 5.28 Å². The second-order valence-corrected chi connectivity index (χ2v) is 4.31. The molecule has 18 heavy (non-hydrogen) atoms. The Kier molecular flexibility index (Phi) is 3.94. The third-order valence-corrected chi connectivity index (χ3v) is 2.51. The van der Waals surface area contributed by atoms with Crippen LogP contribution in [0.4, 0.5) is 0 Å². The van der Waals surface area contributed by atoms with Gasteiger partial charge in [-0.05, 0) is 24.1 Å². The molecule has 0 aromatic carbocycles. The lowest BCUT2D eigenvalue weighted by molar-refractivity contribution is 0.988. The number of nitrogens with one attached hydrogen (secondary N) is 2. The lowest BCUT2D eigenvalue weighted by Crippen LogP contribution is -1.88. The highest BCUT2D eigenvalue weighted by Crippen LogP contribution is 2.06. The predicted octanol–water partition coefficient (Wildman–Crippen LogP) is 2.39. The average molecular weight is 264 g/mol. The van der Waals surface area contributed by atoms with Gasteiger partial charge in [0.1, 0.15) is 11.6 Å². The summed E-state index contributed by atoms with van der Waals surface area (Å²) in [4.78, 5) is 11.4. The van der Waals surface area contributed by atoms with Gasteiger partial charge in [0.15, 0.2) is 0 Å². The molecule has 0 aliphatic rings. The van der Waals surface area contributed by atoms with Crippen molar-refractivity contribution >= 4 is 11.6 Å². The van der Waals surface area contributed by atoms with Gasteiger partial charge in [0.25, 0.3) is 0 Å². The van der Waals surface area contributed by atoms with Crippen molar-refractivity contribution in [2.45, 2.75) is 19.8 Å². The molecule has 0 amide bonds. The standard InChI is InChI=1S/C12H14ClN5/c1-8(6-10-7-14-9(2)15-10)4-3-5-11-16-12(13)18-17-11/h3-4,7H,1,5-6H2,2H3,(H,14,15)(H,16,17,18). The third-order valence-electron chi connectivity index (χ3n) is 2.34. The van der Waals surface area contributed by atoms with Crippen LogP contribution in [0.1, 0.15) is 17.3 Å². The number of rotatable bonds is 5. The van der Waals surface area contributed by atoms with E-state index >= 15 is 0 Å². The van der Waals surface area contributed by atoms with Crippen LogP contribution in [0, 0.1) is 6.92 Å². The first-order valence-corrected chi connectivity index (χ1v) is 5.93. The minimum atomic E-state index is 0.240. The molecule has 0 radical (unpaired) electrons. The van der Waals surface area contributed by atoms with Crippen molar-refractivity contribution in [2.75, 3.05) is 0 Å². The van der Waals surface area contributed by atoms with E-state index in [1.54, 1.807) is 0 Å². The summed E-state index contributed by atoms with van der Waals surface area (Å²) in [7, 11) is 0. The van der Waals surface area contributed by atoms with Crippen molar-refractivity contribution in [3.8, 4) is 0 Å². The molecule has 0 fully saturated rings. The molecule has 0 unspecified atom stereocenters. The van der Waals surface area contributed by atoms with Crippen LogP contribution in [-0.2, 0) is 12.8 Å². The van der Waals surface area contributed by atoms with Crippen LogP contribution in [0.3, 0.4) is 0 Å². The Hall–Kier alpha value is -1.88. The zero-order chi connectivity index (χ0) is 13.0. The summed E-state index contributed by atoms with van der Waals surface area (Å²) < 4.78 is 0. The fourth-order valence-corrected chi connectivity index (χ4v) is 1.69. The lowest BCUT2D eigenvalue weighted by atomic mass is 10.1. The predicted molar refractivity (Wildman–Crippen MR) is 70.4 cm³/mol. The molecular formula is C12H14ClN5. The molecule has 0 saturated heterocycles. The molecule has 94 valence electrons. The van der Waals surface area contributed by atoms with Crippen LogP contribution in [0.2, 0.25) is 5.28 Å². The maximum absolute atomic E-state index is 5.60. The number of hydrogen-bond donors (Lipinski definition) is 2. The van der Waals surface area contributed by atoms with Gasteiger partial charge in [0.05, 0.1) is 5.69 Å². The maximum atomic E-state index is 5.60. The van der Waals surface area contributed by atoms with Gasteiger partial charge in [-0.1, -0.05) is 18.7 Å². The van der Waals surface area contributed by atoms with Crippen LogP contribution >= 0.6 is 11.6 Å². The highest BCUT2D eigenvalue weighted by atomic mass is 35.5. The molecule has 0 saturated carbocycles. The summed E-state index contributed by atoms with van der Waals surface area (Å²) in [5.74, 6) is 1.65. The highest BCUT2D eigenvalue weighted by molar-refractivity contribution is 6.28. The first-order chi connectivity index (χ1) is 8.63. The number of nitrogens with zero attached hydrogens (tertiary/aromatic N) is 3. The van der Waals surface area contributed by atoms with Gasteiger partial charge >= 0.3 is 0 Å². The molecule has 5 nitrogen and oxygen atoms in total. The SMILES string of the molecule is C=C(C=CCc1nc(Cl)n[nH]1)Cc1c[nH]c(C)n1. The second-order valence-electron chi connectivity index (χ2n) is 3.97. The summed E-state index contributed by atoms with van der Waals surface area (Å²) in [5.41, 5.74) is 1.98. The Balaban J connectivity index is 1.84. The molecule has 2 heterocycles. The van der Waals surface area contributed by atoms with E-state index in [9.17, 15) is 0 Å². The Labute approximate surface area is 110 Å². The summed E-state index contributed by atoms with van der Waals surface area (Å²) in [6.07, 6.45) is 7.21. The van der Waals surface area contributed by atoms with E-state index in [-0.39, 0.29) is 5.28 Å². The van der Waals surface area contributed by atoms with Gasteiger partial charge in [-0.3, -0.25) is 5.10 Å². The molecular weight excluding hydrogens is 250 g/mol. The molecule has 2 aromatic rings. The minimum absolute atomic E-state index is 0.240. The number of aromatic nitrogens is 5. The normalized spacial score (nSPS) is 11.2. The van der Waals surface area contributed by atoms with Crippen LogP contribution in [0.25, 0.3) is 0 Å². The zero-order valence-corrected chi connectivity index (χ0v) is 10.8. The van der Waals surface area contributed by atoms with E-state index in [4.69, 9.17) is 11.6 Å². The Morgan fingerprint density at radius 1 is 1.50 bits per heavy atom. The number of allylic oxidation sites excluding steroid dienone is 3. The zero-order valence-electron chi connectivity index (χ0n) is 10.1. The molecule has 0 aliphatic carbocycles. The van der Waals surface area contributed by atoms with E-state index < -0.39 is 0 Å². The quantitative estimate of drug-likeness (QED) is 0.814. The molecule has 2 aromatic heterocycles. The average Bonchev–Trinajstić information content (AvgIpc) is 2.88. The smallest absolute Gasteiger partial charge is 0.242 e. The Morgan fingerprint density at radius 3 is 2.94 bits per heavy atom. The van der Waals surface area contributed by atoms with E-state index in [0.29, 0.717) is 6.42 Å². The number of aryl methyl sites for hydroxylation is 1. The van der Waals surface area contributed by atoms with Crippen molar-refractivity contribution in [2.24, 2.45) is 0 Å². The van der Waals surface area contributed by atoms with Gasteiger partial charge in [0, 0.05) is 19.0 Å². The molecule has 0 bridgehead atoms. The topological polar surface area (TPSA) is 70.2 Å². The summed E-state index contributed by atoms with van der Waals surface area (Å²) in [5, 5.41) is 6.72. The number of hydrogen-bond acceptors (Lipinski definition) is 3. The van der Waals surface area contributed by atoms with Crippen LogP contribution in [0.5, 0.6) is 0 Å². The number of aromatic amines is 2. The van der Waals surface area contributed by atoms with Crippen molar-refractivity contribution in [3.63, 3.8) is 0 Å². The Bertz CT molecular complexity index is 567. The van der Waals surface area contributed by atoms with E-state index in [1.165, 1.54) is 0 Å². The van der Waals surface area contributed by atoms with Crippen molar-refractivity contribution in [3.05, 3.63) is 53.1 Å². The largest absolute Gasteiger partial charge is 0.349 e. The highest BCUT2D eigenvalue weighted by Gasteiger charge is 1.99. The van der Waals surface area contributed by atoms with E-state index in [1.807, 2.05) is 25.3 Å². The van der Waals surface area contributed by atoms with E-state index in [2.05, 4.69) is 31.7 Å². The first kappa shape index (κ1) is 12.6. The summed E-state index contributed by atoms with van der Waals surface area (Å²) in [6, 6.07) is 0. The molecule has 0 spiro atoms. The van der Waals surface area contributed by atoms with Gasteiger partial charge in [-0.2, -0.15) is 0 Å². The minimum Gasteiger partial charge on any atom is -0.349 e. The second kappa shape index (κ2) is 5.64. The first-order valence-electron chi connectivity index (χ1n) is 5.55. The third kappa shape index (κ3) is 3.56. The van der Waals surface area contributed by atoms with Crippen LogP contribution in [0.15, 0.2) is 30.5 Å². The summed E-state index contributed by atoms with van der Waals surface area (Å²) in [6.45, 7) is 5.91. The number of halogens is 1.